The third-order valence-electron chi connectivity index (χ3n) is 5.32. The molecule has 1 aliphatic heterocycles. The van der Waals surface area contributed by atoms with Gasteiger partial charge >= 0.3 is 6.18 Å². The maximum atomic E-state index is 13.4. The van der Waals surface area contributed by atoms with Crippen molar-refractivity contribution in [3.63, 3.8) is 0 Å². The molecule has 2 N–H and O–H groups in total. The van der Waals surface area contributed by atoms with E-state index in [2.05, 4.69) is 0 Å². The van der Waals surface area contributed by atoms with Crippen molar-refractivity contribution in [1.29, 1.82) is 0 Å². The number of aldehydes is 1. The molecule has 2 atom stereocenters. The first-order valence-electron chi connectivity index (χ1n) is 9.59. The zero-order valence-corrected chi connectivity index (χ0v) is 18.8. The maximum absolute atomic E-state index is 13.4. The molecule has 0 aromatic heterocycles. The van der Waals surface area contributed by atoms with Crippen molar-refractivity contribution >= 4 is 47.0 Å². The number of hydrogen-bond acceptors (Lipinski definition) is 4. The largest absolute Gasteiger partial charge is 0.417 e. The number of hydrogen-bond donors (Lipinski definition) is 1. The number of carbonyl (C=O) groups excluding carboxylic acids is 2. The molecule has 3 rings (SSSR count). The lowest BCUT2D eigenvalue weighted by Crippen LogP contribution is -2.53. The van der Waals surface area contributed by atoms with Gasteiger partial charge in [0.1, 0.15) is 6.29 Å². The van der Waals surface area contributed by atoms with E-state index in [4.69, 9.17) is 40.5 Å². The Hall–Kier alpha value is -1.84. The van der Waals surface area contributed by atoms with Crippen LogP contribution in [0.15, 0.2) is 36.4 Å². The van der Waals surface area contributed by atoms with Crippen molar-refractivity contribution in [3.05, 3.63) is 68.2 Å². The molecule has 11 heteroatoms. The number of amides is 1. The second-order valence-corrected chi connectivity index (χ2v) is 8.62. The van der Waals surface area contributed by atoms with Crippen LogP contribution >= 0.6 is 34.8 Å². The normalized spacial score (nSPS) is 17.2. The summed E-state index contributed by atoms with van der Waals surface area (Å²) in [6, 6.07) is 6.29. The topological polar surface area (TPSA) is 66.6 Å². The van der Waals surface area contributed by atoms with Gasteiger partial charge in [0.25, 0.3) is 5.91 Å². The first kappa shape index (κ1) is 24.8. The summed E-state index contributed by atoms with van der Waals surface area (Å²) in [4.78, 5) is 27.5. The summed E-state index contributed by atoms with van der Waals surface area (Å²) in [5.74, 6) is -0.764. The number of halogens is 6. The Bertz CT molecular complexity index is 1010. The van der Waals surface area contributed by atoms with Crippen LogP contribution in [-0.4, -0.2) is 54.2 Å². The maximum Gasteiger partial charge on any atom is 0.417 e. The van der Waals surface area contributed by atoms with Gasteiger partial charge in [-0.2, -0.15) is 13.2 Å². The van der Waals surface area contributed by atoms with E-state index in [9.17, 15) is 22.8 Å². The molecule has 1 amide bonds. The van der Waals surface area contributed by atoms with E-state index in [1.54, 1.807) is 18.2 Å². The van der Waals surface area contributed by atoms with E-state index in [1.165, 1.54) is 4.90 Å². The van der Waals surface area contributed by atoms with E-state index in [0.29, 0.717) is 21.9 Å². The Balaban J connectivity index is 1.81. The summed E-state index contributed by atoms with van der Waals surface area (Å²) < 4.78 is 40.1. The second kappa shape index (κ2) is 9.97. The molecule has 2 aromatic rings. The van der Waals surface area contributed by atoms with E-state index < -0.39 is 35.3 Å². The minimum absolute atomic E-state index is 0.0365. The van der Waals surface area contributed by atoms with Crippen LogP contribution < -0.4 is 5.73 Å². The second-order valence-electron chi connectivity index (χ2n) is 7.34. The van der Waals surface area contributed by atoms with Crippen molar-refractivity contribution in [2.45, 2.75) is 18.3 Å². The Kier molecular flexibility index (Phi) is 7.73. The molecule has 0 bridgehead atoms. The molecule has 5 nitrogen and oxygen atoms in total. The van der Waals surface area contributed by atoms with E-state index >= 15 is 0 Å². The minimum atomic E-state index is -4.69. The standard InChI is InChI=1S/C21H19Cl3F3N3O2/c22-12-2-4-16(21(25,26)27)15(9-12)20(32)30-7-5-29(6-8-30)19(18(28)11-31)14-3-1-13(23)10-17(14)24/h1-4,9-11,18-19H,5-8,28H2. The lowest BCUT2D eigenvalue weighted by molar-refractivity contribution is -0.138. The molecule has 1 saturated heterocycles. The molecule has 1 fully saturated rings. The van der Waals surface area contributed by atoms with E-state index in [-0.39, 0.29) is 31.2 Å². The molecule has 0 radical (unpaired) electrons. The fourth-order valence-corrected chi connectivity index (χ4v) is 4.47. The molecule has 32 heavy (non-hydrogen) atoms. The number of nitrogens with zero attached hydrogens (tertiary/aromatic N) is 2. The van der Waals surface area contributed by atoms with Crippen LogP contribution in [-0.2, 0) is 11.0 Å². The van der Waals surface area contributed by atoms with Gasteiger partial charge < -0.3 is 15.4 Å². The highest BCUT2D eigenvalue weighted by Gasteiger charge is 2.38. The fourth-order valence-electron chi connectivity index (χ4n) is 3.78. The molecule has 2 unspecified atom stereocenters. The monoisotopic (exact) mass is 507 g/mol. The Morgan fingerprint density at radius 1 is 1.00 bits per heavy atom. The zero-order valence-electron chi connectivity index (χ0n) is 16.6. The molecular formula is C21H19Cl3F3N3O2. The number of benzene rings is 2. The Labute approximate surface area is 197 Å². The third kappa shape index (κ3) is 5.38. The van der Waals surface area contributed by atoms with Crippen LogP contribution in [0.2, 0.25) is 15.1 Å². The molecular weight excluding hydrogens is 490 g/mol. The smallest absolute Gasteiger partial charge is 0.336 e. The number of nitrogens with two attached hydrogens (primary N) is 1. The summed E-state index contributed by atoms with van der Waals surface area (Å²) in [5.41, 5.74) is 5.10. The van der Waals surface area contributed by atoms with E-state index in [1.807, 2.05) is 4.90 Å². The number of piperazine rings is 1. The number of carbonyl (C=O) groups is 2. The van der Waals surface area contributed by atoms with Gasteiger partial charge in [0.15, 0.2) is 0 Å². The summed E-state index contributed by atoms with van der Waals surface area (Å²) >= 11 is 18.1. The van der Waals surface area contributed by atoms with Crippen molar-refractivity contribution in [1.82, 2.24) is 9.80 Å². The van der Waals surface area contributed by atoms with Crippen LogP contribution in [0.3, 0.4) is 0 Å². The van der Waals surface area contributed by atoms with Crippen LogP contribution in [0.25, 0.3) is 0 Å². The third-order valence-corrected chi connectivity index (χ3v) is 6.11. The molecule has 0 saturated carbocycles. The van der Waals surface area contributed by atoms with Crippen molar-refractivity contribution in [3.8, 4) is 0 Å². The molecule has 0 aliphatic carbocycles. The molecule has 1 heterocycles. The van der Waals surface area contributed by atoms with Gasteiger partial charge in [0.2, 0.25) is 0 Å². The number of alkyl halides is 3. The van der Waals surface area contributed by atoms with Gasteiger partial charge in [0, 0.05) is 41.2 Å². The van der Waals surface area contributed by atoms with Crippen LogP contribution in [0.1, 0.15) is 27.5 Å². The molecule has 2 aromatic carbocycles. The SMILES string of the molecule is NC(C=O)C(c1ccc(Cl)cc1Cl)N1CCN(C(=O)c2cc(Cl)ccc2C(F)(F)F)CC1. The summed E-state index contributed by atoms with van der Waals surface area (Å²) in [6.45, 7) is 0.823. The van der Waals surface area contributed by atoms with Gasteiger partial charge in [-0.25, -0.2) is 0 Å². The highest BCUT2D eigenvalue weighted by molar-refractivity contribution is 6.35. The highest BCUT2D eigenvalue weighted by atomic mass is 35.5. The Morgan fingerprint density at radius 3 is 2.16 bits per heavy atom. The van der Waals surface area contributed by atoms with Gasteiger partial charge in [-0.15, -0.1) is 0 Å². The molecule has 172 valence electrons. The first-order valence-corrected chi connectivity index (χ1v) is 10.7. The molecule has 1 aliphatic rings. The van der Waals surface area contributed by atoms with Gasteiger partial charge in [-0.05, 0) is 35.9 Å². The van der Waals surface area contributed by atoms with E-state index in [0.717, 1.165) is 18.2 Å². The molecule has 0 spiro atoms. The van der Waals surface area contributed by atoms with Crippen LogP contribution in [0, 0.1) is 0 Å². The fraction of sp³-hybridized carbons (Fsp3) is 0.333. The first-order chi connectivity index (χ1) is 15.0. The lowest BCUT2D eigenvalue weighted by atomic mass is 9.97. The number of rotatable bonds is 5. The van der Waals surface area contributed by atoms with Crippen LogP contribution in [0.4, 0.5) is 13.2 Å². The quantitative estimate of drug-likeness (QED) is 0.595. The minimum Gasteiger partial charge on any atom is -0.336 e. The summed E-state index contributed by atoms with van der Waals surface area (Å²) in [7, 11) is 0. The average molecular weight is 509 g/mol. The zero-order chi connectivity index (χ0) is 23.6. The van der Waals surface area contributed by atoms with Crippen molar-refractivity contribution in [2.75, 3.05) is 26.2 Å². The highest BCUT2D eigenvalue weighted by Crippen LogP contribution is 2.35. The Morgan fingerprint density at radius 2 is 1.59 bits per heavy atom. The lowest BCUT2D eigenvalue weighted by Gasteiger charge is -2.41. The van der Waals surface area contributed by atoms with Gasteiger partial charge in [0.05, 0.1) is 23.2 Å². The average Bonchev–Trinajstić information content (AvgIpc) is 2.74. The van der Waals surface area contributed by atoms with Crippen molar-refractivity contribution < 1.29 is 22.8 Å². The predicted octanol–water partition coefficient (Wildman–Crippen LogP) is 4.69. The van der Waals surface area contributed by atoms with Crippen molar-refractivity contribution in [2.24, 2.45) is 5.73 Å². The van der Waals surface area contributed by atoms with Gasteiger partial charge in [-0.3, -0.25) is 9.69 Å². The summed E-state index contributed by atoms with van der Waals surface area (Å²) in [5, 5.41) is 0.802. The summed E-state index contributed by atoms with van der Waals surface area (Å²) in [6.07, 6.45) is -4.08. The van der Waals surface area contributed by atoms with Crippen LogP contribution in [0.5, 0.6) is 0 Å². The van der Waals surface area contributed by atoms with Gasteiger partial charge in [-0.1, -0.05) is 40.9 Å². The predicted molar refractivity (Wildman–Crippen MR) is 117 cm³/mol.